The molecule has 0 unspecified atom stereocenters. The highest BCUT2D eigenvalue weighted by atomic mass is 35.5. The molecule has 0 fully saturated rings. The molecule has 138 valence electrons. The Bertz CT molecular complexity index is 1160. The molecule has 0 aliphatic heterocycles. The molecule has 0 aliphatic carbocycles. The summed E-state index contributed by atoms with van der Waals surface area (Å²) < 4.78 is 1.63. The monoisotopic (exact) mass is 405 g/mol. The molecule has 4 aromatic rings. The quantitative estimate of drug-likeness (QED) is 0.451. The van der Waals surface area contributed by atoms with E-state index in [1.54, 1.807) is 22.8 Å². The maximum atomic E-state index is 13.4. The maximum Gasteiger partial charge on any atom is 0.273 e. The molecule has 0 bridgehead atoms. The lowest BCUT2D eigenvalue weighted by Crippen LogP contribution is -2.21. The first kappa shape index (κ1) is 18.4. The maximum absolute atomic E-state index is 13.4. The van der Waals surface area contributed by atoms with Gasteiger partial charge in [-0.2, -0.15) is 0 Å². The predicted octanol–water partition coefficient (Wildman–Crippen LogP) is 6.01. The molecule has 0 spiro atoms. The first-order chi connectivity index (χ1) is 13.6. The average molecular weight is 406 g/mol. The Kier molecular flexibility index (Phi) is 5.24. The number of hydrogen-bond acceptors (Lipinski definition) is 3. The van der Waals surface area contributed by atoms with Crippen LogP contribution in [0.15, 0.2) is 106 Å². The van der Waals surface area contributed by atoms with E-state index in [9.17, 15) is 9.90 Å². The van der Waals surface area contributed by atoms with E-state index in [4.69, 9.17) is 11.6 Å². The van der Waals surface area contributed by atoms with Gasteiger partial charge in [-0.05, 0) is 42.0 Å². The van der Waals surface area contributed by atoms with Gasteiger partial charge in [-0.1, -0.05) is 71.9 Å². The molecule has 3 aromatic carbocycles. The van der Waals surface area contributed by atoms with Crippen LogP contribution in [-0.2, 0) is 0 Å². The van der Waals surface area contributed by atoms with Crippen molar-refractivity contribution in [2.45, 2.75) is 9.79 Å². The third-order valence-corrected chi connectivity index (χ3v) is 5.61. The van der Waals surface area contributed by atoms with E-state index in [0.717, 1.165) is 16.1 Å². The second kappa shape index (κ2) is 7.97. The molecule has 28 heavy (non-hydrogen) atoms. The standard InChI is InChI=1S/C23H16ClNO2S/c24-17-11-13-19(14-12-17)28-22-21(26)15-20(16-7-3-1-4-8-16)25(23(22)27)18-9-5-2-6-10-18/h1-15,26H. The Labute approximate surface area is 171 Å². The first-order valence-electron chi connectivity index (χ1n) is 8.67. The van der Waals surface area contributed by atoms with Crippen LogP contribution in [0.4, 0.5) is 0 Å². The van der Waals surface area contributed by atoms with Crippen LogP contribution in [0.25, 0.3) is 16.9 Å². The molecule has 3 nitrogen and oxygen atoms in total. The third kappa shape index (κ3) is 3.70. The second-order valence-corrected chi connectivity index (χ2v) is 7.66. The van der Waals surface area contributed by atoms with Gasteiger partial charge in [0.05, 0.1) is 5.69 Å². The summed E-state index contributed by atoms with van der Waals surface area (Å²) in [5, 5.41) is 11.3. The second-order valence-electron chi connectivity index (χ2n) is 6.14. The summed E-state index contributed by atoms with van der Waals surface area (Å²) >= 11 is 7.17. The van der Waals surface area contributed by atoms with Gasteiger partial charge in [0.15, 0.2) is 0 Å². The average Bonchev–Trinajstić information content (AvgIpc) is 2.73. The molecule has 0 atom stereocenters. The van der Waals surface area contributed by atoms with E-state index in [2.05, 4.69) is 0 Å². The molecule has 0 saturated heterocycles. The molecule has 0 saturated carbocycles. The number of aromatic nitrogens is 1. The number of aromatic hydroxyl groups is 1. The van der Waals surface area contributed by atoms with Crippen LogP contribution in [-0.4, -0.2) is 9.67 Å². The smallest absolute Gasteiger partial charge is 0.273 e. The highest BCUT2D eigenvalue weighted by Gasteiger charge is 2.18. The fourth-order valence-electron chi connectivity index (χ4n) is 2.95. The zero-order valence-electron chi connectivity index (χ0n) is 14.7. The number of halogens is 1. The van der Waals surface area contributed by atoms with E-state index < -0.39 is 0 Å². The Morgan fingerprint density at radius 1 is 0.821 bits per heavy atom. The molecule has 5 heteroatoms. The fraction of sp³-hybridized carbons (Fsp3) is 0. The van der Waals surface area contributed by atoms with Crippen LogP contribution in [0.3, 0.4) is 0 Å². The van der Waals surface area contributed by atoms with Gasteiger partial charge in [-0.25, -0.2) is 0 Å². The minimum atomic E-state index is -0.273. The van der Waals surface area contributed by atoms with Crippen molar-refractivity contribution in [3.05, 3.63) is 106 Å². The van der Waals surface area contributed by atoms with E-state index in [0.29, 0.717) is 10.7 Å². The molecule has 0 amide bonds. The van der Waals surface area contributed by atoms with E-state index >= 15 is 0 Å². The lowest BCUT2D eigenvalue weighted by atomic mass is 10.1. The minimum Gasteiger partial charge on any atom is -0.506 e. The summed E-state index contributed by atoms with van der Waals surface area (Å²) in [7, 11) is 0. The van der Waals surface area contributed by atoms with Crippen LogP contribution >= 0.6 is 23.4 Å². The third-order valence-electron chi connectivity index (χ3n) is 4.26. The van der Waals surface area contributed by atoms with Crippen LogP contribution in [0, 0.1) is 0 Å². The highest BCUT2D eigenvalue weighted by molar-refractivity contribution is 7.99. The van der Waals surface area contributed by atoms with E-state index in [1.165, 1.54) is 11.8 Å². The van der Waals surface area contributed by atoms with Crippen molar-refractivity contribution in [1.82, 2.24) is 4.57 Å². The summed E-state index contributed by atoms with van der Waals surface area (Å²) in [6.07, 6.45) is 0. The SMILES string of the molecule is O=c1c(Sc2ccc(Cl)cc2)c(O)cc(-c2ccccc2)n1-c1ccccc1. The fourth-order valence-corrected chi connectivity index (χ4v) is 3.93. The first-order valence-corrected chi connectivity index (χ1v) is 9.86. The van der Waals surface area contributed by atoms with Gasteiger partial charge in [-0.15, -0.1) is 0 Å². The lowest BCUT2D eigenvalue weighted by Gasteiger charge is -2.16. The number of pyridine rings is 1. The summed E-state index contributed by atoms with van der Waals surface area (Å²) in [6, 6.07) is 27.8. The number of benzene rings is 3. The molecule has 0 radical (unpaired) electrons. The zero-order chi connectivity index (χ0) is 19.5. The Morgan fingerprint density at radius 2 is 1.43 bits per heavy atom. The van der Waals surface area contributed by atoms with Gasteiger partial charge in [0.2, 0.25) is 0 Å². The minimum absolute atomic E-state index is 0.0454. The van der Waals surface area contributed by atoms with E-state index in [-0.39, 0.29) is 16.2 Å². The number of rotatable bonds is 4. The van der Waals surface area contributed by atoms with Crippen molar-refractivity contribution < 1.29 is 5.11 Å². The Balaban J connectivity index is 1.92. The lowest BCUT2D eigenvalue weighted by molar-refractivity contribution is 0.459. The summed E-state index contributed by atoms with van der Waals surface area (Å²) in [4.78, 5) is 14.5. The Morgan fingerprint density at radius 3 is 2.07 bits per heavy atom. The van der Waals surface area contributed by atoms with Crippen LogP contribution in [0.1, 0.15) is 0 Å². The zero-order valence-corrected chi connectivity index (χ0v) is 16.3. The van der Waals surface area contributed by atoms with Crippen molar-refractivity contribution in [3.63, 3.8) is 0 Å². The van der Waals surface area contributed by atoms with Crippen LogP contribution in [0.2, 0.25) is 5.02 Å². The van der Waals surface area contributed by atoms with Crippen molar-refractivity contribution >= 4 is 23.4 Å². The van der Waals surface area contributed by atoms with Gasteiger partial charge in [0.1, 0.15) is 10.6 Å². The predicted molar refractivity (Wildman–Crippen MR) is 115 cm³/mol. The van der Waals surface area contributed by atoms with Gasteiger partial charge in [0.25, 0.3) is 5.56 Å². The molecule has 4 rings (SSSR count). The molecule has 1 N–H and O–H groups in total. The largest absolute Gasteiger partial charge is 0.506 e. The van der Waals surface area contributed by atoms with Gasteiger partial charge in [0, 0.05) is 21.7 Å². The summed E-state index contributed by atoms with van der Waals surface area (Å²) in [6.45, 7) is 0. The topological polar surface area (TPSA) is 42.2 Å². The Hall–Kier alpha value is -2.95. The summed E-state index contributed by atoms with van der Waals surface area (Å²) in [5.74, 6) is -0.0454. The number of nitrogens with zero attached hydrogens (tertiary/aromatic N) is 1. The molecule has 1 aromatic heterocycles. The van der Waals surface area contributed by atoms with Crippen molar-refractivity contribution in [3.8, 4) is 22.7 Å². The molecular formula is C23H16ClNO2S. The highest BCUT2D eigenvalue weighted by Crippen LogP contribution is 2.35. The normalized spacial score (nSPS) is 10.8. The summed E-state index contributed by atoms with van der Waals surface area (Å²) in [5.41, 5.74) is 1.95. The van der Waals surface area contributed by atoms with Crippen molar-refractivity contribution in [1.29, 1.82) is 0 Å². The van der Waals surface area contributed by atoms with Crippen LogP contribution in [0.5, 0.6) is 5.75 Å². The van der Waals surface area contributed by atoms with Gasteiger partial charge < -0.3 is 5.11 Å². The molecular weight excluding hydrogens is 390 g/mol. The van der Waals surface area contributed by atoms with Crippen molar-refractivity contribution in [2.75, 3.05) is 0 Å². The molecule has 0 aliphatic rings. The van der Waals surface area contributed by atoms with Gasteiger partial charge in [-0.3, -0.25) is 9.36 Å². The number of hydrogen-bond donors (Lipinski definition) is 1. The van der Waals surface area contributed by atoms with E-state index in [1.807, 2.05) is 72.8 Å². The number of para-hydroxylation sites is 1. The van der Waals surface area contributed by atoms with Crippen LogP contribution < -0.4 is 5.56 Å². The van der Waals surface area contributed by atoms with Gasteiger partial charge >= 0.3 is 0 Å². The molecule has 1 heterocycles. The van der Waals surface area contributed by atoms with Crippen molar-refractivity contribution in [2.24, 2.45) is 0 Å².